The van der Waals surface area contributed by atoms with Gasteiger partial charge in [0.1, 0.15) is 5.82 Å². The van der Waals surface area contributed by atoms with Crippen molar-refractivity contribution in [3.05, 3.63) is 82.5 Å². The molecule has 43 heavy (non-hydrogen) atoms. The minimum absolute atomic E-state index is 0.0973. The minimum atomic E-state index is -0.452. The molecule has 5 rings (SSSR count). The second-order valence-electron chi connectivity index (χ2n) is 10.7. The van der Waals surface area contributed by atoms with E-state index in [-0.39, 0.29) is 36.5 Å². The number of piperidine rings is 1. The molecule has 1 aliphatic heterocycles. The number of carbonyl (C=O) groups excluding carboxylic acids is 2. The molecule has 2 aromatic heterocycles. The van der Waals surface area contributed by atoms with Crippen molar-refractivity contribution in [1.82, 2.24) is 24.4 Å². The van der Waals surface area contributed by atoms with Crippen molar-refractivity contribution >= 4 is 34.8 Å². The normalized spacial score (nSPS) is 13.7. The second kappa shape index (κ2) is 13.5. The first kappa shape index (κ1) is 29.7. The monoisotopic (exact) mass is 589 g/mol. The number of nitrogens with zero attached hydrogens (tertiary/aromatic N) is 6. The Hall–Kier alpha value is -4.74. The molecular weight excluding hydrogens is 553 g/mol. The van der Waals surface area contributed by atoms with Gasteiger partial charge in [-0.05, 0) is 49.1 Å². The fraction of sp³-hybridized carbons (Fsp3) is 0.387. The summed E-state index contributed by atoms with van der Waals surface area (Å²) in [5.74, 6) is 0.428. The summed E-state index contributed by atoms with van der Waals surface area (Å²) in [5.41, 5.74) is 2.60. The van der Waals surface area contributed by atoms with Crippen LogP contribution in [-0.4, -0.2) is 63.7 Å². The highest BCUT2D eigenvalue weighted by Crippen LogP contribution is 2.28. The first-order chi connectivity index (χ1) is 20.8. The summed E-state index contributed by atoms with van der Waals surface area (Å²) in [7, 11) is 1.90. The number of hydrogen-bond donors (Lipinski definition) is 1. The maximum atomic E-state index is 13.5. The lowest BCUT2D eigenvalue weighted by Gasteiger charge is -2.38. The molecule has 11 nitrogen and oxygen atoms in total. The van der Waals surface area contributed by atoms with E-state index < -0.39 is 5.97 Å². The van der Waals surface area contributed by atoms with Gasteiger partial charge in [-0.15, -0.1) is 0 Å². The Bertz CT molecular complexity index is 1630. The first-order valence-corrected chi connectivity index (χ1v) is 14.4. The van der Waals surface area contributed by atoms with E-state index in [2.05, 4.69) is 19.8 Å². The summed E-state index contributed by atoms with van der Waals surface area (Å²) >= 11 is 0. The molecule has 0 bridgehead atoms. The summed E-state index contributed by atoms with van der Waals surface area (Å²) in [4.78, 5) is 49.6. The zero-order chi connectivity index (χ0) is 30.3. The molecule has 0 unspecified atom stereocenters. The Balaban J connectivity index is 1.25. The predicted molar refractivity (Wildman–Crippen MR) is 161 cm³/mol. The zero-order valence-electron chi connectivity index (χ0n) is 24.4. The van der Waals surface area contributed by atoms with Crippen LogP contribution in [0.1, 0.15) is 38.2 Å². The van der Waals surface area contributed by atoms with Crippen molar-refractivity contribution < 1.29 is 18.7 Å². The smallest absolute Gasteiger partial charge is 0.307 e. The molecule has 1 amide bonds. The summed E-state index contributed by atoms with van der Waals surface area (Å²) < 4.78 is 22.4. The van der Waals surface area contributed by atoms with Crippen LogP contribution in [0.25, 0.3) is 11.0 Å². The van der Waals surface area contributed by atoms with Crippen LogP contribution in [0.3, 0.4) is 0 Å². The van der Waals surface area contributed by atoms with Gasteiger partial charge in [0.2, 0.25) is 17.8 Å². The number of benzene rings is 2. The molecule has 1 saturated heterocycles. The molecule has 3 heterocycles. The fourth-order valence-electron chi connectivity index (χ4n) is 5.38. The number of rotatable bonds is 11. The van der Waals surface area contributed by atoms with Gasteiger partial charge in [0.25, 0.3) is 5.56 Å². The van der Waals surface area contributed by atoms with E-state index >= 15 is 0 Å². The first-order valence-electron chi connectivity index (χ1n) is 14.4. The van der Waals surface area contributed by atoms with Crippen LogP contribution < -0.4 is 20.7 Å². The van der Waals surface area contributed by atoms with Gasteiger partial charge in [-0.2, -0.15) is 0 Å². The molecule has 226 valence electrons. The van der Waals surface area contributed by atoms with E-state index in [1.165, 1.54) is 35.9 Å². The molecule has 1 fully saturated rings. The summed E-state index contributed by atoms with van der Waals surface area (Å²) in [6.45, 7) is 3.61. The van der Waals surface area contributed by atoms with Gasteiger partial charge < -0.3 is 24.4 Å². The number of nitrogens with one attached hydrogen (secondary N) is 1. The number of halogens is 1. The number of carbonyl (C=O) groups is 2. The van der Waals surface area contributed by atoms with Crippen molar-refractivity contribution in [2.24, 2.45) is 0 Å². The highest BCUT2D eigenvalue weighted by atomic mass is 19.1. The second-order valence-corrected chi connectivity index (χ2v) is 10.7. The topological polar surface area (TPSA) is 115 Å². The molecule has 0 spiro atoms. The van der Waals surface area contributed by atoms with Crippen molar-refractivity contribution in [1.29, 1.82) is 0 Å². The maximum Gasteiger partial charge on any atom is 0.307 e. The van der Waals surface area contributed by atoms with Crippen LogP contribution in [-0.2, 0) is 27.6 Å². The third-order valence-corrected chi connectivity index (χ3v) is 7.70. The van der Waals surface area contributed by atoms with E-state index in [9.17, 15) is 18.8 Å². The summed E-state index contributed by atoms with van der Waals surface area (Å²) in [5, 5.41) is 2.64. The van der Waals surface area contributed by atoms with Crippen molar-refractivity contribution in [3.63, 3.8) is 0 Å². The largest absolute Gasteiger partial charge is 0.444 e. The van der Waals surface area contributed by atoms with Gasteiger partial charge in [0, 0.05) is 58.3 Å². The van der Waals surface area contributed by atoms with Gasteiger partial charge in [-0.3, -0.25) is 14.4 Å². The predicted octanol–water partition coefficient (Wildman–Crippen LogP) is 3.30. The van der Waals surface area contributed by atoms with Crippen molar-refractivity contribution in [3.8, 4) is 0 Å². The molecule has 2 aromatic carbocycles. The Morgan fingerprint density at radius 1 is 1.07 bits per heavy atom. The lowest BCUT2D eigenvalue weighted by Crippen LogP contribution is -2.46. The molecule has 1 N–H and O–H groups in total. The van der Waals surface area contributed by atoms with Gasteiger partial charge in [-0.25, -0.2) is 18.9 Å². The standard InChI is InChI=1S/C31H36FN7O4/c1-22(40)33-16-5-8-29(42)43-21-39-28(41)13-17-34-30(39)36(2)25-14-18-37(19-15-25)31-35-26-6-3-4-7-27(26)38(31)20-23-9-11-24(32)12-10-23/h3-4,6-7,9-13,17,25H,5,8,14-16,18-21H2,1-2H3,(H,33,40). The Morgan fingerprint density at radius 3 is 2.56 bits per heavy atom. The van der Waals surface area contributed by atoms with E-state index in [0.717, 1.165) is 48.5 Å². The number of fused-ring (bicyclic) bond motifs is 1. The van der Waals surface area contributed by atoms with Crippen LogP contribution in [0, 0.1) is 5.82 Å². The number of anilines is 2. The van der Waals surface area contributed by atoms with Crippen LogP contribution in [0.15, 0.2) is 65.6 Å². The van der Waals surface area contributed by atoms with E-state index in [4.69, 9.17) is 9.72 Å². The van der Waals surface area contributed by atoms with E-state index in [1.54, 1.807) is 12.1 Å². The number of hydrogen-bond acceptors (Lipinski definition) is 8. The van der Waals surface area contributed by atoms with Crippen LogP contribution in [0.2, 0.25) is 0 Å². The van der Waals surface area contributed by atoms with Crippen molar-refractivity contribution in [2.45, 2.75) is 51.9 Å². The van der Waals surface area contributed by atoms with Crippen molar-refractivity contribution in [2.75, 3.05) is 36.5 Å². The third kappa shape index (κ3) is 7.19. The van der Waals surface area contributed by atoms with Gasteiger partial charge in [-0.1, -0.05) is 24.3 Å². The summed E-state index contributed by atoms with van der Waals surface area (Å²) in [6, 6.07) is 16.0. The minimum Gasteiger partial charge on any atom is -0.444 e. The van der Waals surface area contributed by atoms with Gasteiger partial charge in [0.05, 0.1) is 17.6 Å². The Kier molecular flexibility index (Phi) is 9.33. The molecule has 12 heteroatoms. The average molecular weight is 590 g/mol. The average Bonchev–Trinajstić information content (AvgIpc) is 3.37. The SMILES string of the molecule is CC(=O)NCCCC(=O)OCn1c(N(C)C2CCN(c3nc4ccccc4n3Cc3ccc(F)cc3)CC2)nccc1=O. The maximum absolute atomic E-state index is 13.5. The lowest BCUT2D eigenvalue weighted by molar-refractivity contribution is -0.147. The number of amides is 1. The Morgan fingerprint density at radius 2 is 1.81 bits per heavy atom. The van der Waals surface area contributed by atoms with E-state index in [1.807, 2.05) is 36.2 Å². The molecule has 0 saturated carbocycles. The molecule has 4 aromatic rings. The molecule has 0 radical (unpaired) electrons. The van der Waals surface area contributed by atoms with Crippen LogP contribution in [0.4, 0.5) is 16.3 Å². The van der Waals surface area contributed by atoms with Crippen LogP contribution >= 0.6 is 0 Å². The van der Waals surface area contributed by atoms with E-state index in [0.29, 0.717) is 25.5 Å². The quantitative estimate of drug-likeness (QED) is 0.209. The van der Waals surface area contributed by atoms with Gasteiger partial charge in [0.15, 0.2) is 6.73 Å². The third-order valence-electron chi connectivity index (χ3n) is 7.70. The highest BCUT2D eigenvalue weighted by molar-refractivity contribution is 5.79. The number of ether oxygens (including phenoxy) is 1. The highest BCUT2D eigenvalue weighted by Gasteiger charge is 2.28. The summed E-state index contributed by atoms with van der Waals surface area (Å²) in [6.07, 6.45) is 3.63. The van der Waals surface area contributed by atoms with Gasteiger partial charge >= 0.3 is 5.97 Å². The van der Waals surface area contributed by atoms with Crippen LogP contribution in [0.5, 0.6) is 0 Å². The number of imidazole rings is 1. The number of esters is 1. The zero-order valence-corrected chi connectivity index (χ0v) is 24.4. The molecule has 0 atom stereocenters. The lowest BCUT2D eigenvalue weighted by atomic mass is 10.0. The molecule has 0 aliphatic carbocycles. The number of aromatic nitrogens is 4. The molecular formula is C31H36FN7O4. The fourth-order valence-corrected chi connectivity index (χ4v) is 5.38. The number of para-hydroxylation sites is 2. The Labute approximate surface area is 248 Å². The molecule has 1 aliphatic rings.